The number of benzene rings is 1. The first-order valence-corrected chi connectivity index (χ1v) is 9.78. The molecular weight excluding hydrogens is 322 g/mol. The molecule has 2 aliphatic rings. The average molecular weight is 356 g/mol. The number of rotatable bonds is 2. The molecule has 1 aliphatic heterocycles. The van der Waals surface area contributed by atoms with E-state index in [1.807, 2.05) is 32.9 Å². The van der Waals surface area contributed by atoms with Gasteiger partial charge in [-0.2, -0.15) is 0 Å². The maximum atomic E-state index is 12.3. The fourth-order valence-electron chi connectivity index (χ4n) is 4.94. The van der Waals surface area contributed by atoms with Gasteiger partial charge in [-0.05, 0) is 80.2 Å². The first kappa shape index (κ1) is 19.2. The Labute approximate surface area is 158 Å². The zero-order valence-electron chi connectivity index (χ0n) is 17.1. The summed E-state index contributed by atoms with van der Waals surface area (Å²) in [5.74, 6) is 0.411. The van der Waals surface area contributed by atoms with Crippen LogP contribution in [0.1, 0.15) is 70.3 Å². The minimum absolute atomic E-state index is 0.128. The second kappa shape index (κ2) is 6.53. The van der Waals surface area contributed by atoms with Gasteiger partial charge in [0.15, 0.2) is 0 Å². The highest BCUT2D eigenvalue weighted by Gasteiger charge is 2.48. The van der Waals surface area contributed by atoms with Crippen LogP contribution in [0.5, 0.6) is 0 Å². The van der Waals surface area contributed by atoms with Crippen molar-refractivity contribution >= 4 is 11.5 Å². The van der Waals surface area contributed by atoms with Crippen molar-refractivity contribution in [1.82, 2.24) is 5.32 Å². The molecule has 142 valence electrons. The Bertz CT molecular complexity index is 709. The number of ether oxygens (including phenoxy) is 1. The molecule has 0 aromatic heterocycles. The molecule has 1 aliphatic carbocycles. The van der Waals surface area contributed by atoms with E-state index in [0.29, 0.717) is 16.9 Å². The van der Waals surface area contributed by atoms with Gasteiger partial charge in [0, 0.05) is 6.54 Å². The van der Waals surface area contributed by atoms with Crippen molar-refractivity contribution in [3.8, 4) is 0 Å². The van der Waals surface area contributed by atoms with Crippen LogP contribution in [0.15, 0.2) is 30.3 Å². The summed E-state index contributed by atoms with van der Waals surface area (Å²) in [6, 6.07) is 7.96. The second-order valence-corrected chi connectivity index (χ2v) is 9.79. The normalized spacial score (nSPS) is 28.1. The van der Waals surface area contributed by atoms with E-state index in [1.54, 1.807) is 0 Å². The highest BCUT2D eigenvalue weighted by Crippen LogP contribution is 2.56. The topological polar surface area (TPSA) is 38.3 Å². The van der Waals surface area contributed by atoms with E-state index in [0.717, 1.165) is 19.5 Å². The lowest BCUT2D eigenvalue weighted by molar-refractivity contribution is 0.00695. The number of fused-ring (bicyclic) bond motifs is 1. The molecule has 3 rings (SSSR count). The molecule has 1 aromatic rings. The molecular formula is C23H33NO2. The van der Waals surface area contributed by atoms with Gasteiger partial charge in [0.25, 0.3) is 0 Å². The van der Waals surface area contributed by atoms with Crippen LogP contribution in [0.25, 0.3) is 5.57 Å². The summed E-state index contributed by atoms with van der Waals surface area (Å²) in [6.45, 7) is 15.1. The quantitative estimate of drug-likeness (QED) is 0.753. The standard InChI is InChI=1S/C23H33NO2/c1-21(2,3)26-20(25)17-9-7-16(8-10-17)18-11-13-23(6)15-24-14-12-19(23)22(18,4)5/h7-11,19,24H,12-15H2,1-6H3/t19-,23+/m0/s1. The minimum Gasteiger partial charge on any atom is -0.456 e. The van der Waals surface area contributed by atoms with Crippen molar-refractivity contribution < 1.29 is 9.53 Å². The molecule has 1 heterocycles. The number of hydrogen-bond donors (Lipinski definition) is 1. The van der Waals surface area contributed by atoms with E-state index >= 15 is 0 Å². The van der Waals surface area contributed by atoms with Gasteiger partial charge >= 0.3 is 5.97 Å². The van der Waals surface area contributed by atoms with Crippen molar-refractivity contribution in [1.29, 1.82) is 0 Å². The molecule has 3 nitrogen and oxygen atoms in total. The van der Waals surface area contributed by atoms with E-state index in [1.165, 1.54) is 17.6 Å². The molecule has 26 heavy (non-hydrogen) atoms. The van der Waals surface area contributed by atoms with Crippen LogP contribution < -0.4 is 5.32 Å². The van der Waals surface area contributed by atoms with Gasteiger partial charge in [-0.1, -0.05) is 39.0 Å². The third-order valence-corrected chi connectivity index (χ3v) is 6.15. The van der Waals surface area contributed by atoms with Crippen molar-refractivity contribution in [2.45, 2.75) is 60.0 Å². The van der Waals surface area contributed by atoms with Gasteiger partial charge < -0.3 is 10.1 Å². The Kier molecular flexibility index (Phi) is 4.81. The maximum Gasteiger partial charge on any atom is 0.338 e. The summed E-state index contributed by atoms with van der Waals surface area (Å²) in [5.41, 5.74) is 3.25. The first-order valence-electron chi connectivity index (χ1n) is 9.78. The fourth-order valence-corrected chi connectivity index (χ4v) is 4.94. The SMILES string of the molecule is CC(C)(C)OC(=O)c1ccc(C2=CC[C@]3(C)CNCC[C@H]3C2(C)C)cc1. The first-order chi connectivity index (χ1) is 12.0. The molecule has 0 spiro atoms. The van der Waals surface area contributed by atoms with E-state index in [-0.39, 0.29) is 11.4 Å². The van der Waals surface area contributed by atoms with E-state index in [4.69, 9.17) is 4.74 Å². The van der Waals surface area contributed by atoms with Crippen molar-refractivity contribution in [3.63, 3.8) is 0 Å². The van der Waals surface area contributed by atoms with Crippen LogP contribution in [-0.4, -0.2) is 24.7 Å². The number of esters is 1. The molecule has 0 saturated carbocycles. The fraction of sp³-hybridized carbons (Fsp3) is 0.609. The highest BCUT2D eigenvalue weighted by atomic mass is 16.6. The van der Waals surface area contributed by atoms with E-state index in [2.05, 4.69) is 44.3 Å². The predicted molar refractivity (Wildman–Crippen MR) is 107 cm³/mol. The lowest BCUT2D eigenvalue weighted by Gasteiger charge is -2.53. The second-order valence-electron chi connectivity index (χ2n) is 9.79. The highest BCUT2D eigenvalue weighted by molar-refractivity contribution is 5.90. The Morgan fingerprint density at radius 3 is 2.42 bits per heavy atom. The summed E-state index contributed by atoms with van der Waals surface area (Å²) < 4.78 is 5.47. The molecule has 1 aromatic carbocycles. The van der Waals surface area contributed by atoms with Crippen LogP contribution in [0.4, 0.5) is 0 Å². The van der Waals surface area contributed by atoms with Gasteiger partial charge in [-0.3, -0.25) is 0 Å². The number of carbonyl (C=O) groups is 1. The number of allylic oxidation sites excluding steroid dienone is 2. The minimum atomic E-state index is -0.469. The molecule has 1 saturated heterocycles. The monoisotopic (exact) mass is 355 g/mol. The Hall–Kier alpha value is -1.61. The molecule has 1 fully saturated rings. The third-order valence-electron chi connectivity index (χ3n) is 6.15. The molecule has 3 heteroatoms. The number of carbonyl (C=O) groups excluding carboxylic acids is 1. The number of piperidine rings is 1. The summed E-state index contributed by atoms with van der Waals surface area (Å²) in [6.07, 6.45) is 4.75. The van der Waals surface area contributed by atoms with Crippen LogP contribution >= 0.6 is 0 Å². The summed E-state index contributed by atoms with van der Waals surface area (Å²) in [7, 11) is 0. The molecule has 0 unspecified atom stereocenters. The van der Waals surface area contributed by atoms with Crippen molar-refractivity contribution in [3.05, 3.63) is 41.5 Å². The zero-order chi connectivity index (χ0) is 19.2. The van der Waals surface area contributed by atoms with Gasteiger partial charge in [0.1, 0.15) is 5.60 Å². The van der Waals surface area contributed by atoms with Gasteiger partial charge in [0.2, 0.25) is 0 Å². The Morgan fingerprint density at radius 2 is 1.81 bits per heavy atom. The van der Waals surface area contributed by atoms with Gasteiger partial charge in [0.05, 0.1) is 5.56 Å². The van der Waals surface area contributed by atoms with Crippen LogP contribution in [-0.2, 0) is 4.74 Å². The number of hydrogen-bond acceptors (Lipinski definition) is 3. The molecule has 0 radical (unpaired) electrons. The Balaban J connectivity index is 1.86. The van der Waals surface area contributed by atoms with Crippen LogP contribution in [0.3, 0.4) is 0 Å². The predicted octanol–water partition coefficient (Wildman–Crippen LogP) is 5.07. The zero-order valence-corrected chi connectivity index (χ0v) is 17.1. The summed E-state index contributed by atoms with van der Waals surface area (Å²) in [5, 5.41) is 3.57. The van der Waals surface area contributed by atoms with E-state index < -0.39 is 5.60 Å². The number of nitrogens with one attached hydrogen (secondary N) is 1. The van der Waals surface area contributed by atoms with Crippen LogP contribution in [0.2, 0.25) is 0 Å². The average Bonchev–Trinajstić information content (AvgIpc) is 2.53. The van der Waals surface area contributed by atoms with Gasteiger partial charge in [-0.25, -0.2) is 4.79 Å². The molecule has 0 bridgehead atoms. The Morgan fingerprint density at radius 1 is 1.15 bits per heavy atom. The molecule has 1 N–H and O–H groups in total. The largest absolute Gasteiger partial charge is 0.456 e. The van der Waals surface area contributed by atoms with Crippen molar-refractivity contribution in [2.24, 2.45) is 16.7 Å². The lowest BCUT2D eigenvalue weighted by atomic mass is 9.53. The lowest BCUT2D eigenvalue weighted by Crippen LogP contribution is -2.52. The summed E-state index contributed by atoms with van der Waals surface area (Å²) in [4.78, 5) is 12.3. The maximum absolute atomic E-state index is 12.3. The summed E-state index contributed by atoms with van der Waals surface area (Å²) >= 11 is 0. The molecule has 0 amide bonds. The molecule has 2 atom stereocenters. The third kappa shape index (κ3) is 3.59. The van der Waals surface area contributed by atoms with Crippen LogP contribution in [0, 0.1) is 16.7 Å². The van der Waals surface area contributed by atoms with Gasteiger partial charge in [-0.15, -0.1) is 0 Å². The smallest absolute Gasteiger partial charge is 0.338 e. The van der Waals surface area contributed by atoms with E-state index in [9.17, 15) is 4.79 Å². The van der Waals surface area contributed by atoms with Crippen molar-refractivity contribution in [2.75, 3.05) is 13.1 Å².